The minimum Gasteiger partial charge on any atom is -0.331 e. The average Bonchev–Trinajstić information content (AvgIpc) is 3.14. The zero-order chi connectivity index (χ0) is 13.4. The number of hydrogen-bond acceptors (Lipinski definition) is 5. The van der Waals surface area contributed by atoms with Gasteiger partial charge >= 0.3 is 0 Å². The standard InChI is InChI=1S/C15H14N4S/c1-2-7-13-11(5-1)18-14(20-13)12-6-3-10-19(12)15-16-8-4-9-17-15/h1-2,4-5,7-9,12H,3,6,10H2/t12-/m0/s1. The number of rotatable bonds is 2. The van der Waals surface area contributed by atoms with E-state index in [1.54, 1.807) is 23.7 Å². The molecule has 100 valence electrons. The molecule has 1 aliphatic heterocycles. The summed E-state index contributed by atoms with van der Waals surface area (Å²) in [4.78, 5) is 15.8. The van der Waals surface area contributed by atoms with Gasteiger partial charge in [-0.2, -0.15) is 0 Å². The van der Waals surface area contributed by atoms with Crippen LogP contribution in [0, 0.1) is 0 Å². The molecule has 3 heterocycles. The van der Waals surface area contributed by atoms with Gasteiger partial charge in [-0.1, -0.05) is 12.1 Å². The van der Waals surface area contributed by atoms with Crippen molar-refractivity contribution in [2.75, 3.05) is 11.4 Å². The third-order valence-corrected chi connectivity index (χ3v) is 4.79. The van der Waals surface area contributed by atoms with E-state index in [4.69, 9.17) is 4.98 Å². The van der Waals surface area contributed by atoms with E-state index < -0.39 is 0 Å². The van der Waals surface area contributed by atoms with Gasteiger partial charge in [0.1, 0.15) is 5.01 Å². The van der Waals surface area contributed by atoms with Gasteiger partial charge < -0.3 is 4.90 Å². The first-order valence-electron chi connectivity index (χ1n) is 6.81. The van der Waals surface area contributed by atoms with Gasteiger partial charge in [0, 0.05) is 18.9 Å². The predicted molar refractivity (Wildman–Crippen MR) is 81.0 cm³/mol. The lowest BCUT2D eigenvalue weighted by Gasteiger charge is -2.22. The molecule has 1 atom stereocenters. The normalized spacial score (nSPS) is 18.8. The van der Waals surface area contributed by atoms with E-state index in [0.717, 1.165) is 24.4 Å². The van der Waals surface area contributed by atoms with E-state index in [-0.39, 0.29) is 0 Å². The first kappa shape index (κ1) is 11.8. The van der Waals surface area contributed by atoms with Crippen LogP contribution < -0.4 is 4.90 Å². The Balaban J connectivity index is 1.73. The zero-order valence-corrected chi connectivity index (χ0v) is 11.8. The molecule has 0 bridgehead atoms. The van der Waals surface area contributed by atoms with Crippen molar-refractivity contribution in [1.82, 2.24) is 15.0 Å². The second-order valence-electron chi connectivity index (χ2n) is 4.92. The maximum Gasteiger partial charge on any atom is 0.225 e. The van der Waals surface area contributed by atoms with E-state index in [9.17, 15) is 0 Å². The molecule has 0 saturated carbocycles. The number of aromatic nitrogens is 3. The van der Waals surface area contributed by atoms with Crippen molar-refractivity contribution in [3.8, 4) is 0 Å². The molecule has 2 aromatic heterocycles. The van der Waals surface area contributed by atoms with Crippen molar-refractivity contribution >= 4 is 27.5 Å². The third-order valence-electron chi connectivity index (χ3n) is 3.66. The largest absolute Gasteiger partial charge is 0.331 e. The van der Waals surface area contributed by atoms with Crippen LogP contribution in [0.15, 0.2) is 42.7 Å². The van der Waals surface area contributed by atoms with Gasteiger partial charge in [0.2, 0.25) is 5.95 Å². The average molecular weight is 282 g/mol. The van der Waals surface area contributed by atoms with Crippen molar-refractivity contribution < 1.29 is 0 Å². The lowest BCUT2D eigenvalue weighted by molar-refractivity contribution is 0.698. The van der Waals surface area contributed by atoms with Crippen LogP contribution in [-0.4, -0.2) is 21.5 Å². The summed E-state index contributed by atoms with van der Waals surface area (Å²) in [6.07, 6.45) is 5.89. The van der Waals surface area contributed by atoms with Gasteiger partial charge in [0.15, 0.2) is 0 Å². The molecule has 1 saturated heterocycles. The van der Waals surface area contributed by atoms with Gasteiger partial charge in [0.05, 0.1) is 16.3 Å². The Bertz CT molecular complexity index is 692. The molecule has 4 nitrogen and oxygen atoms in total. The van der Waals surface area contributed by atoms with Crippen LogP contribution in [0.5, 0.6) is 0 Å². The molecular weight excluding hydrogens is 268 g/mol. The summed E-state index contributed by atoms with van der Waals surface area (Å²) in [6.45, 7) is 1.00. The Morgan fingerprint density at radius 2 is 1.95 bits per heavy atom. The van der Waals surface area contributed by atoms with Crippen LogP contribution in [0.1, 0.15) is 23.9 Å². The summed E-state index contributed by atoms with van der Waals surface area (Å²) in [5, 5.41) is 1.18. The summed E-state index contributed by atoms with van der Waals surface area (Å²) in [6, 6.07) is 10.5. The highest BCUT2D eigenvalue weighted by Gasteiger charge is 2.30. The highest BCUT2D eigenvalue weighted by atomic mass is 32.1. The van der Waals surface area contributed by atoms with E-state index >= 15 is 0 Å². The first-order valence-corrected chi connectivity index (χ1v) is 7.62. The molecule has 0 unspecified atom stereocenters. The second kappa shape index (κ2) is 4.83. The lowest BCUT2D eigenvalue weighted by atomic mass is 10.2. The second-order valence-corrected chi connectivity index (χ2v) is 5.98. The summed E-state index contributed by atoms with van der Waals surface area (Å²) in [5.74, 6) is 0.814. The molecule has 4 rings (SSSR count). The van der Waals surface area contributed by atoms with Gasteiger partial charge in [-0.3, -0.25) is 0 Å². The van der Waals surface area contributed by atoms with Gasteiger partial charge in [0.25, 0.3) is 0 Å². The summed E-state index contributed by atoms with van der Waals surface area (Å²) in [5.41, 5.74) is 1.09. The zero-order valence-electron chi connectivity index (χ0n) is 10.9. The molecular formula is C15H14N4S. The SMILES string of the molecule is c1cnc(N2CCC[C@H]2c2nc3ccccc3s2)nc1. The van der Waals surface area contributed by atoms with Gasteiger partial charge in [-0.05, 0) is 31.0 Å². The van der Waals surface area contributed by atoms with Gasteiger partial charge in [-0.25, -0.2) is 15.0 Å². The Labute approximate surface area is 121 Å². The van der Waals surface area contributed by atoms with Crippen LogP contribution in [0.25, 0.3) is 10.2 Å². The molecule has 0 aliphatic carbocycles. The Hall–Kier alpha value is -2.01. The van der Waals surface area contributed by atoms with E-state index in [0.29, 0.717) is 6.04 Å². The maximum atomic E-state index is 4.79. The molecule has 3 aromatic rings. The number of para-hydroxylation sites is 1. The van der Waals surface area contributed by atoms with Crippen LogP contribution in [0.4, 0.5) is 5.95 Å². The molecule has 5 heteroatoms. The van der Waals surface area contributed by atoms with Crippen LogP contribution >= 0.6 is 11.3 Å². The predicted octanol–water partition coefficient (Wildman–Crippen LogP) is 3.43. The van der Waals surface area contributed by atoms with Crippen molar-refractivity contribution in [2.24, 2.45) is 0 Å². The summed E-state index contributed by atoms with van der Waals surface area (Å²) < 4.78 is 1.25. The van der Waals surface area contributed by atoms with Crippen LogP contribution in [-0.2, 0) is 0 Å². The molecule has 1 aromatic carbocycles. The molecule has 20 heavy (non-hydrogen) atoms. The van der Waals surface area contributed by atoms with Crippen molar-refractivity contribution in [1.29, 1.82) is 0 Å². The monoisotopic (exact) mass is 282 g/mol. The van der Waals surface area contributed by atoms with E-state index in [1.807, 2.05) is 12.1 Å². The minimum atomic E-state index is 0.315. The number of thiazole rings is 1. The fraction of sp³-hybridized carbons (Fsp3) is 0.267. The smallest absolute Gasteiger partial charge is 0.225 e. The molecule has 1 fully saturated rings. The quantitative estimate of drug-likeness (QED) is 0.722. The Kier molecular flexibility index (Phi) is 2.85. The number of hydrogen-bond donors (Lipinski definition) is 0. The topological polar surface area (TPSA) is 41.9 Å². The maximum absolute atomic E-state index is 4.79. The summed E-state index contributed by atoms with van der Waals surface area (Å²) >= 11 is 1.78. The minimum absolute atomic E-state index is 0.315. The van der Waals surface area contributed by atoms with Crippen molar-refractivity contribution in [3.05, 3.63) is 47.7 Å². The van der Waals surface area contributed by atoms with Crippen molar-refractivity contribution in [3.63, 3.8) is 0 Å². The highest BCUT2D eigenvalue weighted by molar-refractivity contribution is 7.18. The van der Waals surface area contributed by atoms with Crippen molar-refractivity contribution in [2.45, 2.75) is 18.9 Å². The van der Waals surface area contributed by atoms with Gasteiger partial charge in [-0.15, -0.1) is 11.3 Å². The number of fused-ring (bicyclic) bond motifs is 1. The number of anilines is 1. The fourth-order valence-electron chi connectivity index (χ4n) is 2.73. The first-order chi connectivity index (χ1) is 9.92. The fourth-order valence-corrected chi connectivity index (χ4v) is 3.85. The van der Waals surface area contributed by atoms with E-state index in [1.165, 1.54) is 16.1 Å². The molecule has 0 amide bonds. The highest BCUT2D eigenvalue weighted by Crippen LogP contribution is 2.37. The molecule has 0 N–H and O–H groups in total. The molecule has 0 spiro atoms. The van der Waals surface area contributed by atoms with E-state index in [2.05, 4.69) is 33.1 Å². The Morgan fingerprint density at radius 1 is 1.10 bits per heavy atom. The number of benzene rings is 1. The summed E-state index contributed by atoms with van der Waals surface area (Å²) in [7, 11) is 0. The molecule has 1 aliphatic rings. The lowest BCUT2D eigenvalue weighted by Crippen LogP contribution is -2.24. The van der Waals surface area contributed by atoms with Crippen LogP contribution in [0.3, 0.4) is 0 Å². The third kappa shape index (κ3) is 1.94. The molecule has 0 radical (unpaired) electrons. The number of nitrogens with zero attached hydrogens (tertiary/aromatic N) is 4. The Morgan fingerprint density at radius 3 is 2.80 bits per heavy atom. The van der Waals surface area contributed by atoms with Crippen LogP contribution in [0.2, 0.25) is 0 Å².